The molecule has 2 aromatic carbocycles. The van der Waals surface area contributed by atoms with Crippen molar-refractivity contribution in [1.82, 2.24) is 34.0 Å². The molecule has 35 nitrogen and oxygen atoms in total. The second-order valence-corrected chi connectivity index (χ2v) is 29.3. The average molecular weight is 1630 g/mol. The number of rotatable bonds is 61. The van der Waals surface area contributed by atoms with E-state index >= 15 is 24.0 Å². The van der Waals surface area contributed by atoms with Gasteiger partial charge in [-0.25, -0.2) is 4.58 Å². The van der Waals surface area contributed by atoms with Crippen LogP contribution >= 0.6 is 0 Å². The van der Waals surface area contributed by atoms with Gasteiger partial charge in [0.25, 0.3) is 5.91 Å². The minimum atomic E-state index is -0.731. The first-order chi connectivity index (χ1) is 56.2. The minimum absolute atomic E-state index is 0.00665. The zero-order valence-electron chi connectivity index (χ0n) is 70.3. The maximum Gasteiger partial charge on any atom is 0.254 e. The second-order valence-electron chi connectivity index (χ2n) is 29.3. The molecule has 0 saturated heterocycles. The lowest BCUT2D eigenvalue weighted by atomic mass is 9.90. The number of hydrogen-bond acceptors (Lipinski definition) is 15. The fourth-order valence-electron chi connectivity index (χ4n) is 13.9. The van der Waals surface area contributed by atoms with Gasteiger partial charge in [0.2, 0.25) is 40.8 Å². The van der Waals surface area contributed by atoms with Crippen LogP contribution in [-0.4, -0.2) is 250 Å². The number of primary amides is 1. The van der Waals surface area contributed by atoms with Gasteiger partial charge in [-0.2, -0.15) is 0 Å². The first-order valence-electron chi connectivity index (χ1n) is 41.9. The number of guanidine groups is 6. The Morgan fingerprint density at radius 3 is 0.983 bits per heavy atom. The highest BCUT2D eigenvalue weighted by atomic mass is 16.3. The minimum Gasteiger partial charge on any atom is -0.456 e. The van der Waals surface area contributed by atoms with Gasteiger partial charge >= 0.3 is 0 Å². The molecule has 2 aromatic rings. The summed E-state index contributed by atoms with van der Waals surface area (Å²) in [6, 6.07) is 19.8. The van der Waals surface area contributed by atoms with Crippen LogP contribution < -0.4 is 89.4 Å². The fourth-order valence-corrected chi connectivity index (χ4v) is 13.9. The van der Waals surface area contributed by atoms with Gasteiger partial charge in [-0.3, -0.25) is 63.5 Å². The molecule has 7 amide bonds. The third-order valence-corrected chi connectivity index (χ3v) is 20.2. The van der Waals surface area contributed by atoms with Crippen molar-refractivity contribution in [1.29, 1.82) is 0 Å². The van der Waals surface area contributed by atoms with E-state index in [0.29, 0.717) is 203 Å². The third-order valence-electron chi connectivity index (χ3n) is 20.2. The summed E-state index contributed by atoms with van der Waals surface area (Å²) in [5.41, 5.74) is 77.3. The van der Waals surface area contributed by atoms with Crippen LogP contribution in [0.1, 0.15) is 192 Å². The van der Waals surface area contributed by atoms with E-state index in [-0.39, 0.29) is 81.6 Å². The van der Waals surface area contributed by atoms with Gasteiger partial charge < -0.3 is 113 Å². The Bertz CT molecular complexity index is 3920. The second kappa shape index (κ2) is 56.2. The molecule has 0 bridgehead atoms. The molecule has 0 aromatic heterocycles. The number of unbranched alkanes of at least 4 members (excludes halogenated alkanes) is 18. The number of anilines is 1. The summed E-state index contributed by atoms with van der Waals surface area (Å²) >= 11 is 0. The van der Waals surface area contributed by atoms with Crippen molar-refractivity contribution in [2.45, 2.75) is 182 Å². The van der Waals surface area contributed by atoms with Crippen LogP contribution in [0.2, 0.25) is 0 Å². The summed E-state index contributed by atoms with van der Waals surface area (Å²) in [7, 11) is 0. The molecule has 4 rings (SSSR count). The summed E-state index contributed by atoms with van der Waals surface area (Å²) < 4.78 is 9.12. The molecule has 2 aliphatic rings. The number of benzene rings is 3. The molecule has 35 heteroatoms. The monoisotopic (exact) mass is 1630 g/mol. The van der Waals surface area contributed by atoms with Gasteiger partial charge in [-0.05, 0) is 135 Å². The molecule has 1 aliphatic heterocycles. The van der Waals surface area contributed by atoms with E-state index in [1.165, 1.54) is 24.5 Å². The number of nitrogens with two attached hydrogens (primary N) is 13. The van der Waals surface area contributed by atoms with Gasteiger partial charge in [0.1, 0.15) is 31.0 Å². The number of aliphatic imine (C=N–C) groups is 6. The molecule has 0 spiro atoms. The van der Waals surface area contributed by atoms with Crippen LogP contribution in [0.25, 0.3) is 33.4 Å². The van der Waals surface area contributed by atoms with Crippen LogP contribution in [0.5, 0.6) is 0 Å². The zero-order valence-corrected chi connectivity index (χ0v) is 70.3. The van der Waals surface area contributed by atoms with E-state index in [0.717, 1.165) is 66.6 Å². The number of hydrogen-bond donors (Lipinski definition) is 13. The standard InChI is InChI=1S/C82H139N27O8/c1-5-102(6-2)61-37-39-65-67(53-61)117-68-54-62(103(7-3)8-4)38-40-66(68)75(65)63-35-21-22-36-64(63)76(116)109(52-34-20-14-28-46-101-82(94)95)60-74(115)108(51-33-19-13-27-45-100-81(92)93)59-73(114)107(50-32-18-12-26-44-99-80(90)91)58-72(113)106(49-31-17-11-25-43-98-79(88)89)57-71(112)105(48-30-16-10-24-42-97-78(86)87)56-70(111)104(55-69(83)110)47-29-15-9-23-41-96-77(84)85/h21-22,35-40,53-54H,5-20,23-34,41-52,55-60H2,1-4H3,(H25-,83,84,85,86,87,88,89,90,91,92,93,94,95,96,97,98,99,100,101,110)/p+1. The van der Waals surface area contributed by atoms with Crippen LogP contribution in [0.4, 0.5) is 5.69 Å². The van der Waals surface area contributed by atoms with E-state index in [4.69, 9.17) is 79.0 Å². The molecule has 0 saturated carbocycles. The average Bonchev–Trinajstić information content (AvgIpc) is 0.743. The molecule has 1 aliphatic carbocycles. The number of nitrogens with zero attached hydrogens (tertiary/aromatic N) is 14. The van der Waals surface area contributed by atoms with Crippen LogP contribution in [0.15, 0.2) is 95.0 Å². The first-order valence-corrected chi connectivity index (χ1v) is 41.9. The molecule has 0 atom stereocenters. The van der Waals surface area contributed by atoms with E-state index in [2.05, 4.69) is 79.3 Å². The lowest BCUT2D eigenvalue weighted by Gasteiger charge is -2.32. The normalized spacial score (nSPS) is 10.9. The lowest BCUT2D eigenvalue weighted by molar-refractivity contribution is -0.147. The predicted molar refractivity (Wildman–Crippen MR) is 471 cm³/mol. The van der Waals surface area contributed by atoms with E-state index < -0.39 is 74.1 Å². The van der Waals surface area contributed by atoms with E-state index in [1.807, 2.05) is 42.5 Å². The lowest BCUT2D eigenvalue weighted by Crippen LogP contribution is -2.52. The van der Waals surface area contributed by atoms with Crippen molar-refractivity contribution in [3.63, 3.8) is 0 Å². The topological polar surface area (TPSA) is 571 Å². The zero-order chi connectivity index (χ0) is 85.9. The smallest absolute Gasteiger partial charge is 0.254 e. The van der Waals surface area contributed by atoms with Crippen molar-refractivity contribution < 1.29 is 38.0 Å². The maximum absolute atomic E-state index is 16.0. The third kappa shape index (κ3) is 38.4. The van der Waals surface area contributed by atoms with Gasteiger partial charge in [0.15, 0.2) is 35.8 Å². The first kappa shape index (κ1) is 98.2. The number of carbonyl (C=O) groups is 7. The van der Waals surface area contributed by atoms with Crippen LogP contribution in [-0.2, 0) is 28.8 Å². The van der Waals surface area contributed by atoms with E-state index in [9.17, 15) is 9.59 Å². The van der Waals surface area contributed by atoms with Crippen molar-refractivity contribution >= 4 is 93.8 Å². The maximum atomic E-state index is 16.0. The Labute approximate surface area is 691 Å². The summed E-state index contributed by atoms with van der Waals surface area (Å²) in [4.78, 5) is 141. The molecule has 0 fully saturated rings. The summed E-state index contributed by atoms with van der Waals surface area (Å²) in [6.07, 6.45) is 14.9. The Morgan fingerprint density at radius 2 is 0.658 bits per heavy atom. The van der Waals surface area contributed by atoms with E-state index in [1.54, 1.807) is 11.0 Å². The van der Waals surface area contributed by atoms with Crippen molar-refractivity contribution in [3.05, 3.63) is 71.6 Å². The largest absolute Gasteiger partial charge is 0.456 e. The molecule has 650 valence electrons. The Kier molecular flexibility index (Phi) is 47.2. The van der Waals surface area contributed by atoms with Crippen LogP contribution in [0.3, 0.4) is 0 Å². The highest BCUT2D eigenvalue weighted by Gasteiger charge is 2.32. The van der Waals surface area contributed by atoms with Crippen molar-refractivity contribution in [2.75, 3.05) is 149 Å². The number of carbonyl (C=O) groups excluding carboxylic acids is 7. The van der Waals surface area contributed by atoms with Gasteiger partial charge in [0.05, 0.1) is 38.8 Å². The molecule has 26 N–H and O–H groups in total. The van der Waals surface area contributed by atoms with Gasteiger partial charge in [-0.15, -0.1) is 0 Å². The predicted octanol–water partition coefficient (Wildman–Crippen LogP) is 2.94. The van der Waals surface area contributed by atoms with Crippen molar-refractivity contribution in [2.24, 2.45) is 104 Å². The Balaban J connectivity index is 1.88. The van der Waals surface area contributed by atoms with Crippen molar-refractivity contribution in [3.8, 4) is 22.5 Å². The van der Waals surface area contributed by atoms with Gasteiger partial charge in [-0.1, -0.05) is 95.2 Å². The SMILES string of the molecule is CCN(CC)c1ccc2c(-c3ccccc3C(=O)N(CCCCCCN=C(N)N)CC(=O)N(CCCCCCN=C(N)N)CC(=O)N(CCCCCCN=C(N)N)CC(=O)N(CCCCCCN=C(N)N)CC(=O)N(CCCCCCN=C(N)N)CC(=O)N(CCCCCCN=C(N)N)CC(N)=O)c3ccc(=[N+](CC)CC)cc-3oc2c1. The Hall–Kier alpha value is -11.2. The quantitative estimate of drug-likeness (QED) is 0.00993. The number of fused-ring (bicyclic) bond motifs is 2. The molecular formula is C82H140N27O8+. The fraction of sp³-hybridized carbons (Fsp3) is 0.610. The molecule has 0 unspecified atom stereocenters. The summed E-state index contributed by atoms with van der Waals surface area (Å²) in [5, 5.41) is 1.77. The molecule has 117 heavy (non-hydrogen) atoms. The summed E-state index contributed by atoms with van der Waals surface area (Å²) in [5.74, 6) is -3.29. The van der Waals surface area contributed by atoms with Gasteiger partial charge in [0, 0.05) is 132 Å². The molecule has 1 heterocycles. The number of amides is 7. The summed E-state index contributed by atoms with van der Waals surface area (Å²) in [6.45, 7) is 12.0. The Morgan fingerprint density at radius 1 is 0.342 bits per heavy atom. The molecular weight excluding hydrogens is 1490 g/mol. The van der Waals surface area contributed by atoms with Crippen LogP contribution in [0, 0.1) is 0 Å². The highest BCUT2D eigenvalue weighted by Crippen LogP contribution is 2.42. The molecule has 0 radical (unpaired) electrons. The highest BCUT2D eigenvalue weighted by molar-refractivity contribution is 6.10.